The summed E-state index contributed by atoms with van der Waals surface area (Å²) >= 11 is 6.40. The molecule has 0 unspecified atom stereocenters. The Morgan fingerprint density at radius 3 is 2.79 bits per heavy atom. The molecule has 1 aliphatic heterocycles. The van der Waals surface area contributed by atoms with Crippen molar-refractivity contribution in [2.24, 2.45) is 0 Å². The lowest BCUT2D eigenvalue weighted by molar-refractivity contribution is 0.00913. The molecule has 28 heavy (non-hydrogen) atoms. The van der Waals surface area contributed by atoms with Crippen LogP contribution in [0.1, 0.15) is 19.8 Å². The van der Waals surface area contributed by atoms with Crippen LogP contribution < -0.4 is 10.2 Å². The fourth-order valence-electron chi connectivity index (χ4n) is 3.02. The summed E-state index contributed by atoms with van der Waals surface area (Å²) in [4.78, 5) is 24.1. The van der Waals surface area contributed by atoms with Crippen LogP contribution >= 0.6 is 23.6 Å². The number of ether oxygens (including phenoxy) is 1. The number of hydrazine groups is 1. The number of aromatic nitrogens is 1. The largest absolute Gasteiger partial charge is 0.448 e. The highest BCUT2D eigenvalue weighted by Crippen LogP contribution is 2.26. The van der Waals surface area contributed by atoms with Crippen LogP contribution in [0.2, 0.25) is 0 Å². The Bertz CT molecular complexity index is 972. The highest BCUT2D eigenvalue weighted by atomic mass is 32.1. The first kappa shape index (κ1) is 20.3. The maximum Gasteiger partial charge on any atom is 0.428 e. The molecule has 1 aromatic carbocycles. The van der Waals surface area contributed by atoms with E-state index in [-0.39, 0.29) is 22.3 Å². The molecule has 3 rings (SSSR count). The summed E-state index contributed by atoms with van der Waals surface area (Å²) in [7, 11) is 0. The maximum atomic E-state index is 14.6. The predicted molar refractivity (Wildman–Crippen MR) is 112 cm³/mol. The number of carbonyl (C=O) groups is 1. The number of rotatable bonds is 4. The molecule has 0 aliphatic carbocycles. The van der Waals surface area contributed by atoms with E-state index in [1.807, 2.05) is 0 Å². The second kappa shape index (κ2) is 8.70. The second-order valence-corrected chi connectivity index (χ2v) is 7.53. The lowest BCUT2D eigenvalue weighted by atomic mass is 10.2. The normalized spacial score (nSPS) is 14.2. The number of anilines is 1. The summed E-state index contributed by atoms with van der Waals surface area (Å²) in [6.07, 6.45) is 2.81. The lowest BCUT2D eigenvalue weighted by Gasteiger charge is -2.39. The van der Waals surface area contributed by atoms with Gasteiger partial charge in [-0.15, -0.1) is 6.58 Å². The summed E-state index contributed by atoms with van der Waals surface area (Å²) in [5.74, 6) is -0.526. The Labute approximate surface area is 171 Å². The molecule has 150 valence electrons. The first-order valence-electron chi connectivity index (χ1n) is 8.92. The number of fused-ring (bicyclic) bond motifs is 1. The molecule has 0 spiro atoms. The number of hydrogen-bond donors (Lipinski definition) is 1. The van der Waals surface area contributed by atoms with Crippen molar-refractivity contribution in [2.75, 3.05) is 25.0 Å². The zero-order chi connectivity index (χ0) is 20.3. The van der Waals surface area contributed by atoms with Gasteiger partial charge in [0.25, 0.3) is 0 Å². The number of allylic oxidation sites excluding steroid dienone is 1. The number of amides is 1. The van der Waals surface area contributed by atoms with E-state index in [0.29, 0.717) is 29.9 Å². The van der Waals surface area contributed by atoms with Gasteiger partial charge >= 0.3 is 11.0 Å². The standard InChI is InChI=1S/C18H21FN4O3S2/c1-3-7-21-14-11-13(12(19)10-15(14)28-18(21)25)20-16(27)22-8-5-6-9-23(22)17(24)26-4-2/h3,10-11H,1,4-9H2,2H3,(H,20,27). The van der Waals surface area contributed by atoms with Gasteiger partial charge in [0.1, 0.15) is 5.82 Å². The zero-order valence-corrected chi connectivity index (χ0v) is 17.1. The van der Waals surface area contributed by atoms with Crippen LogP contribution in [0.5, 0.6) is 0 Å². The molecule has 0 saturated carbocycles. The van der Waals surface area contributed by atoms with Crippen molar-refractivity contribution in [1.29, 1.82) is 0 Å². The molecular formula is C18H21FN4O3S2. The van der Waals surface area contributed by atoms with Gasteiger partial charge in [-0.05, 0) is 44.1 Å². The summed E-state index contributed by atoms with van der Waals surface area (Å²) in [5.41, 5.74) is 0.741. The van der Waals surface area contributed by atoms with Crippen LogP contribution in [-0.4, -0.2) is 45.5 Å². The van der Waals surface area contributed by atoms with Crippen molar-refractivity contribution >= 4 is 50.7 Å². The van der Waals surface area contributed by atoms with E-state index in [1.165, 1.54) is 15.6 Å². The van der Waals surface area contributed by atoms with Crippen molar-refractivity contribution in [1.82, 2.24) is 14.6 Å². The molecule has 2 aromatic rings. The molecule has 0 bridgehead atoms. The molecule has 1 fully saturated rings. The second-order valence-electron chi connectivity index (χ2n) is 6.15. The Hall–Kier alpha value is -2.46. The third kappa shape index (κ3) is 4.02. The smallest absolute Gasteiger partial charge is 0.428 e. The summed E-state index contributed by atoms with van der Waals surface area (Å²) < 4.78 is 21.7. The van der Waals surface area contributed by atoms with Crippen LogP contribution in [0, 0.1) is 5.82 Å². The number of halogens is 1. The summed E-state index contributed by atoms with van der Waals surface area (Å²) in [6, 6.07) is 2.86. The minimum atomic E-state index is -0.526. The maximum absolute atomic E-state index is 14.6. The number of thiocarbonyl (C=S) groups is 1. The van der Waals surface area contributed by atoms with E-state index in [2.05, 4.69) is 11.9 Å². The first-order valence-corrected chi connectivity index (χ1v) is 10.1. The van der Waals surface area contributed by atoms with E-state index in [0.717, 1.165) is 24.2 Å². The average molecular weight is 425 g/mol. The van der Waals surface area contributed by atoms with Crippen molar-refractivity contribution in [3.8, 4) is 0 Å². The topological polar surface area (TPSA) is 66.8 Å². The van der Waals surface area contributed by atoms with Gasteiger partial charge in [0.05, 0.1) is 22.5 Å². The van der Waals surface area contributed by atoms with E-state index < -0.39 is 11.9 Å². The number of thiazole rings is 1. The number of nitrogens with zero attached hydrogens (tertiary/aromatic N) is 3. The number of nitrogens with one attached hydrogen (secondary N) is 1. The predicted octanol–water partition coefficient (Wildman–Crippen LogP) is 3.55. The Balaban J connectivity index is 1.88. The van der Waals surface area contributed by atoms with Crippen molar-refractivity contribution in [3.05, 3.63) is 40.3 Å². The van der Waals surface area contributed by atoms with Gasteiger partial charge in [0.2, 0.25) is 0 Å². The summed E-state index contributed by atoms with van der Waals surface area (Å²) in [6.45, 7) is 6.97. The Morgan fingerprint density at radius 2 is 2.11 bits per heavy atom. The first-order chi connectivity index (χ1) is 13.5. The number of hydrogen-bond acceptors (Lipinski definition) is 5. The molecule has 1 aliphatic rings. The van der Waals surface area contributed by atoms with Gasteiger partial charge in [-0.3, -0.25) is 14.4 Å². The molecule has 2 heterocycles. The van der Waals surface area contributed by atoms with Crippen LogP contribution in [-0.2, 0) is 11.3 Å². The van der Waals surface area contributed by atoms with Crippen LogP contribution in [0.3, 0.4) is 0 Å². The molecule has 0 atom stereocenters. The molecule has 1 amide bonds. The monoisotopic (exact) mass is 424 g/mol. The van der Waals surface area contributed by atoms with Crippen LogP contribution in [0.4, 0.5) is 14.9 Å². The van der Waals surface area contributed by atoms with Gasteiger partial charge in [0, 0.05) is 19.6 Å². The fraction of sp³-hybridized carbons (Fsp3) is 0.389. The van der Waals surface area contributed by atoms with Gasteiger partial charge in [0.15, 0.2) is 5.11 Å². The molecule has 0 radical (unpaired) electrons. The van der Waals surface area contributed by atoms with Crippen LogP contribution in [0.15, 0.2) is 29.6 Å². The van der Waals surface area contributed by atoms with Crippen molar-refractivity contribution in [3.63, 3.8) is 0 Å². The van der Waals surface area contributed by atoms with Gasteiger partial charge in [-0.25, -0.2) is 14.2 Å². The highest BCUT2D eigenvalue weighted by molar-refractivity contribution is 7.80. The molecule has 1 aromatic heterocycles. The molecular weight excluding hydrogens is 403 g/mol. The Kier molecular flexibility index (Phi) is 6.30. The highest BCUT2D eigenvalue weighted by Gasteiger charge is 2.28. The Morgan fingerprint density at radius 1 is 1.39 bits per heavy atom. The lowest BCUT2D eigenvalue weighted by Crippen LogP contribution is -2.54. The minimum Gasteiger partial charge on any atom is -0.448 e. The molecule has 1 N–H and O–H groups in total. The molecule has 7 nitrogen and oxygen atoms in total. The van der Waals surface area contributed by atoms with Gasteiger partial charge in [-0.2, -0.15) is 0 Å². The van der Waals surface area contributed by atoms with Crippen molar-refractivity contribution < 1.29 is 13.9 Å². The quantitative estimate of drug-likeness (QED) is 0.598. The van der Waals surface area contributed by atoms with Gasteiger partial charge in [-0.1, -0.05) is 17.4 Å². The third-order valence-electron chi connectivity index (χ3n) is 4.30. The number of benzene rings is 1. The summed E-state index contributed by atoms with van der Waals surface area (Å²) in [5, 5.41) is 6.08. The number of carbonyl (C=O) groups excluding carboxylic acids is 1. The van der Waals surface area contributed by atoms with E-state index in [9.17, 15) is 14.0 Å². The minimum absolute atomic E-state index is 0.141. The molecule has 10 heteroatoms. The van der Waals surface area contributed by atoms with E-state index in [1.54, 1.807) is 24.1 Å². The fourth-order valence-corrected chi connectivity index (χ4v) is 4.23. The average Bonchev–Trinajstić information content (AvgIpc) is 2.97. The SMILES string of the molecule is C=CCn1c(=O)sc2cc(F)c(NC(=S)N3CCCCN3C(=O)OCC)cc21. The van der Waals surface area contributed by atoms with Crippen LogP contribution in [0.25, 0.3) is 10.2 Å². The zero-order valence-electron chi connectivity index (χ0n) is 15.4. The third-order valence-corrected chi connectivity index (χ3v) is 5.56. The van der Waals surface area contributed by atoms with E-state index in [4.69, 9.17) is 17.0 Å². The van der Waals surface area contributed by atoms with Crippen molar-refractivity contribution in [2.45, 2.75) is 26.3 Å². The van der Waals surface area contributed by atoms with E-state index >= 15 is 0 Å². The molecule has 1 saturated heterocycles. The van der Waals surface area contributed by atoms with Gasteiger partial charge < -0.3 is 10.1 Å².